The Morgan fingerprint density at radius 1 is 1.57 bits per heavy atom. The molecule has 1 heterocycles. The van der Waals surface area contributed by atoms with E-state index < -0.39 is 0 Å². The van der Waals surface area contributed by atoms with Crippen LogP contribution < -0.4 is 0 Å². The average molecular weight is 195 g/mol. The lowest BCUT2D eigenvalue weighted by Crippen LogP contribution is -2.42. The maximum atomic E-state index is 11.1. The molecule has 0 aromatic rings. The molecule has 1 saturated heterocycles. The molecule has 3 heteroatoms. The zero-order chi connectivity index (χ0) is 10.7. The third-order valence-corrected chi connectivity index (χ3v) is 2.86. The maximum absolute atomic E-state index is 11.1. The number of hydrogen-bond acceptors (Lipinski definition) is 3. The second-order valence-electron chi connectivity index (χ2n) is 4.67. The van der Waals surface area contributed by atoms with E-state index in [1.807, 2.05) is 13.8 Å². The van der Waals surface area contributed by atoms with Crippen LogP contribution in [0.15, 0.2) is 0 Å². The topological polar surface area (TPSA) is 50.1 Å². The van der Waals surface area contributed by atoms with Crippen molar-refractivity contribution in [2.24, 2.45) is 5.41 Å². The van der Waals surface area contributed by atoms with Gasteiger partial charge >= 0.3 is 0 Å². The molecule has 14 heavy (non-hydrogen) atoms. The largest absolute Gasteiger partial charge is 0.376 e. The summed E-state index contributed by atoms with van der Waals surface area (Å²) < 4.78 is 5.56. The first-order valence-electron chi connectivity index (χ1n) is 5.01. The highest BCUT2D eigenvalue weighted by atomic mass is 16.5. The molecule has 0 unspecified atom stereocenters. The monoisotopic (exact) mass is 195 g/mol. The van der Waals surface area contributed by atoms with Gasteiger partial charge in [0.1, 0.15) is 6.29 Å². The fourth-order valence-electron chi connectivity index (χ4n) is 2.20. The smallest absolute Gasteiger partial charge is 0.126 e. The minimum absolute atomic E-state index is 0.228. The van der Waals surface area contributed by atoms with Crippen molar-refractivity contribution in [3.63, 3.8) is 0 Å². The van der Waals surface area contributed by atoms with Gasteiger partial charge in [0.15, 0.2) is 0 Å². The summed E-state index contributed by atoms with van der Waals surface area (Å²) >= 11 is 0. The van der Waals surface area contributed by atoms with Gasteiger partial charge in [-0.25, -0.2) is 0 Å². The normalized spacial score (nSPS) is 30.6. The van der Waals surface area contributed by atoms with Gasteiger partial charge in [0.2, 0.25) is 0 Å². The van der Waals surface area contributed by atoms with Crippen molar-refractivity contribution in [1.82, 2.24) is 0 Å². The van der Waals surface area contributed by atoms with Gasteiger partial charge < -0.3 is 9.53 Å². The van der Waals surface area contributed by atoms with Crippen molar-refractivity contribution in [3.05, 3.63) is 0 Å². The van der Waals surface area contributed by atoms with Gasteiger partial charge in [-0.15, -0.1) is 0 Å². The fourth-order valence-corrected chi connectivity index (χ4v) is 2.20. The summed E-state index contributed by atoms with van der Waals surface area (Å²) in [6, 6.07) is 2.10. The number of rotatable bonds is 3. The van der Waals surface area contributed by atoms with E-state index in [0.29, 0.717) is 19.4 Å². The number of hydrogen-bond donors (Lipinski definition) is 0. The van der Waals surface area contributed by atoms with E-state index in [1.165, 1.54) is 0 Å². The van der Waals surface area contributed by atoms with Crippen LogP contribution in [0.3, 0.4) is 0 Å². The van der Waals surface area contributed by atoms with Crippen LogP contribution in [-0.2, 0) is 9.53 Å². The Morgan fingerprint density at radius 3 is 2.79 bits per heavy atom. The standard InChI is InChI=1S/C11H17NO2/c1-10(2)8-11(9-13,4-3-6-12)5-7-14-10/h9H,3-5,7-8H2,1-2H3/t11-/m0/s1. The second kappa shape index (κ2) is 4.10. The fraction of sp³-hybridized carbons (Fsp3) is 0.818. The van der Waals surface area contributed by atoms with Gasteiger partial charge in [-0.1, -0.05) is 0 Å². The van der Waals surface area contributed by atoms with Crippen molar-refractivity contribution in [2.45, 2.75) is 45.1 Å². The molecule has 1 aliphatic heterocycles. The number of aldehydes is 1. The number of ether oxygens (including phenoxy) is 1. The van der Waals surface area contributed by atoms with Crippen LogP contribution in [0.4, 0.5) is 0 Å². The van der Waals surface area contributed by atoms with E-state index in [0.717, 1.165) is 19.1 Å². The highest BCUT2D eigenvalue weighted by Gasteiger charge is 2.40. The van der Waals surface area contributed by atoms with Gasteiger partial charge in [0.25, 0.3) is 0 Å². The van der Waals surface area contributed by atoms with Gasteiger partial charge in [0.05, 0.1) is 11.7 Å². The van der Waals surface area contributed by atoms with Crippen molar-refractivity contribution in [1.29, 1.82) is 5.26 Å². The lowest BCUT2D eigenvalue weighted by Gasteiger charge is -2.41. The molecule has 0 amide bonds. The van der Waals surface area contributed by atoms with Crippen LogP contribution in [0.5, 0.6) is 0 Å². The molecular weight excluding hydrogens is 178 g/mol. The first kappa shape index (κ1) is 11.2. The van der Waals surface area contributed by atoms with E-state index in [9.17, 15) is 4.79 Å². The molecule has 0 aromatic heterocycles. The minimum atomic E-state index is -0.322. The van der Waals surface area contributed by atoms with Crippen molar-refractivity contribution >= 4 is 6.29 Å². The SMILES string of the molecule is CC1(C)C[C@](C=O)(CCC#N)CCO1. The Balaban J connectivity index is 2.69. The molecule has 0 aliphatic carbocycles. The van der Waals surface area contributed by atoms with Gasteiger partial charge in [-0.3, -0.25) is 0 Å². The summed E-state index contributed by atoms with van der Waals surface area (Å²) in [7, 11) is 0. The molecule has 1 fully saturated rings. The molecule has 0 spiro atoms. The lowest BCUT2D eigenvalue weighted by molar-refractivity contribution is -0.137. The Labute approximate surface area is 85.1 Å². The van der Waals surface area contributed by atoms with E-state index in [4.69, 9.17) is 10.00 Å². The zero-order valence-corrected chi connectivity index (χ0v) is 8.88. The van der Waals surface area contributed by atoms with Crippen molar-refractivity contribution in [2.75, 3.05) is 6.61 Å². The Kier molecular flexibility index (Phi) is 3.28. The maximum Gasteiger partial charge on any atom is 0.126 e. The van der Waals surface area contributed by atoms with Crippen LogP contribution in [0, 0.1) is 16.7 Å². The average Bonchev–Trinajstić information content (AvgIpc) is 2.13. The molecule has 0 radical (unpaired) electrons. The highest BCUT2D eigenvalue weighted by molar-refractivity contribution is 5.59. The Bertz CT molecular complexity index is 255. The predicted octanol–water partition coefficient (Wildman–Crippen LogP) is 2.06. The summed E-state index contributed by atoms with van der Waals surface area (Å²) in [6.45, 7) is 4.62. The van der Waals surface area contributed by atoms with Gasteiger partial charge in [-0.2, -0.15) is 5.26 Å². The second-order valence-corrected chi connectivity index (χ2v) is 4.67. The predicted molar refractivity (Wildman–Crippen MR) is 52.6 cm³/mol. The molecule has 1 atom stereocenters. The van der Waals surface area contributed by atoms with Crippen molar-refractivity contribution < 1.29 is 9.53 Å². The third kappa shape index (κ3) is 2.55. The molecule has 1 aliphatic rings. The molecule has 0 saturated carbocycles. The van der Waals surface area contributed by atoms with E-state index in [1.54, 1.807) is 0 Å². The summed E-state index contributed by atoms with van der Waals surface area (Å²) in [5.41, 5.74) is -0.550. The lowest BCUT2D eigenvalue weighted by atomic mass is 9.72. The van der Waals surface area contributed by atoms with Crippen molar-refractivity contribution in [3.8, 4) is 6.07 Å². The summed E-state index contributed by atoms with van der Waals surface area (Å²) in [5.74, 6) is 0. The number of nitriles is 1. The quantitative estimate of drug-likeness (QED) is 0.648. The molecule has 0 N–H and O–H groups in total. The number of carbonyl (C=O) groups excluding carboxylic acids is 1. The molecule has 0 bridgehead atoms. The van der Waals surface area contributed by atoms with Crippen LogP contribution in [0.1, 0.15) is 39.5 Å². The van der Waals surface area contributed by atoms with Crippen LogP contribution in [-0.4, -0.2) is 18.5 Å². The third-order valence-electron chi connectivity index (χ3n) is 2.86. The van der Waals surface area contributed by atoms with Crippen LogP contribution >= 0.6 is 0 Å². The highest BCUT2D eigenvalue weighted by Crippen LogP contribution is 2.40. The molecule has 0 aromatic carbocycles. The van der Waals surface area contributed by atoms with Gasteiger partial charge in [0, 0.05) is 18.4 Å². The van der Waals surface area contributed by atoms with E-state index >= 15 is 0 Å². The first-order valence-corrected chi connectivity index (χ1v) is 5.01. The van der Waals surface area contributed by atoms with Gasteiger partial charge in [-0.05, 0) is 33.1 Å². The molecule has 3 nitrogen and oxygen atoms in total. The van der Waals surface area contributed by atoms with E-state index in [-0.39, 0.29) is 11.0 Å². The molecule has 78 valence electrons. The van der Waals surface area contributed by atoms with Crippen LogP contribution in [0.25, 0.3) is 0 Å². The summed E-state index contributed by atoms with van der Waals surface area (Å²) in [6.07, 6.45) is 3.62. The number of carbonyl (C=O) groups is 1. The zero-order valence-electron chi connectivity index (χ0n) is 8.88. The molecule has 1 rings (SSSR count). The summed E-state index contributed by atoms with van der Waals surface area (Å²) in [4.78, 5) is 11.1. The first-order chi connectivity index (χ1) is 6.54. The Hall–Kier alpha value is -0.880. The minimum Gasteiger partial charge on any atom is -0.376 e. The summed E-state index contributed by atoms with van der Waals surface area (Å²) in [5, 5.41) is 8.54. The number of nitrogens with zero attached hydrogens (tertiary/aromatic N) is 1. The van der Waals surface area contributed by atoms with E-state index in [2.05, 4.69) is 6.07 Å². The van der Waals surface area contributed by atoms with Crippen LogP contribution in [0.2, 0.25) is 0 Å². The molecular formula is C11H17NO2. The Morgan fingerprint density at radius 2 is 2.29 bits per heavy atom.